The number of amides is 1. The van der Waals surface area contributed by atoms with Crippen molar-refractivity contribution in [3.63, 3.8) is 0 Å². The third-order valence-electron chi connectivity index (χ3n) is 6.86. The van der Waals surface area contributed by atoms with Crippen molar-refractivity contribution >= 4 is 22.2 Å². The first kappa shape index (κ1) is 22.0. The van der Waals surface area contributed by atoms with E-state index in [-0.39, 0.29) is 5.91 Å². The van der Waals surface area contributed by atoms with Crippen molar-refractivity contribution in [1.29, 1.82) is 5.26 Å². The smallest absolute Gasteiger partial charge is 0.226 e. The summed E-state index contributed by atoms with van der Waals surface area (Å²) in [6.07, 6.45) is 4.73. The highest BCUT2D eigenvalue weighted by Gasteiger charge is 2.30. The van der Waals surface area contributed by atoms with Gasteiger partial charge in [0.2, 0.25) is 5.91 Å². The number of likely N-dealkylation sites (tertiary alicyclic amines) is 1. The summed E-state index contributed by atoms with van der Waals surface area (Å²) in [6, 6.07) is 13.9. The van der Waals surface area contributed by atoms with Crippen molar-refractivity contribution in [2.24, 2.45) is 0 Å². The molecule has 2 unspecified atom stereocenters. The predicted octanol–water partition coefficient (Wildman–Crippen LogP) is 4.59. The Labute approximate surface area is 189 Å². The first-order chi connectivity index (χ1) is 15.1. The van der Waals surface area contributed by atoms with Gasteiger partial charge >= 0.3 is 0 Å². The van der Waals surface area contributed by atoms with Crippen molar-refractivity contribution < 1.29 is 4.79 Å². The number of hydrogen-bond acceptors (Lipinski definition) is 5. The van der Waals surface area contributed by atoms with E-state index >= 15 is 0 Å². The van der Waals surface area contributed by atoms with Crippen molar-refractivity contribution in [1.82, 2.24) is 9.80 Å². The summed E-state index contributed by atoms with van der Waals surface area (Å²) in [5, 5.41) is 13.3. The first-order valence-corrected chi connectivity index (χ1v) is 12.3. The van der Waals surface area contributed by atoms with Gasteiger partial charge < -0.3 is 5.32 Å². The summed E-state index contributed by atoms with van der Waals surface area (Å²) < 4.78 is 0. The van der Waals surface area contributed by atoms with E-state index < -0.39 is 0 Å². The standard InChI is InChI=1S/C25H32N4OS/c1-3-28(20-12-14-29(17-20)18(2)19-8-5-4-6-9-19)15-13-24(30)27-25-22(16-26)21-10-7-11-23(21)31-25/h4-6,8-9,18,20H,3,7,10-15,17H2,1-2H3,(H,27,30). The molecule has 1 aromatic carbocycles. The fourth-order valence-corrected chi connectivity index (χ4v) is 6.26. The molecule has 2 heterocycles. The Morgan fingerprint density at radius 2 is 2.16 bits per heavy atom. The molecule has 5 nitrogen and oxygen atoms in total. The van der Waals surface area contributed by atoms with E-state index in [0.29, 0.717) is 24.1 Å². The molecule has 1 saturated heterocycles. The number of carbonyl (C=O) groups is 1. The summed E-state index contributed by atoms with van der Waals surface area (Å²) in [5.74, 6) is 0.0161. The van der Waals surface area contributed by atoms with Gasteiger partial charge in [0, 0.05) is 43.0 Å². The molecule has 0 spiro atoms. The number of nitrogens with one attached hydrogen (secondary N) is 1. The van der Waals surface area contributed by atoms with Gasteiger partial charge in [-0.1, -0.05) is 37.3 Å². The van der Waals surface area contributed by atoms with Crippen molar-refractivity contribution in [2.45, 2.75) is 58.0 Å². The maximum absolute atomic E-state index is 12.6. The van der Waals surface area contributed by atoms with Gasteiger partial charge in [0.05, 0.1) is 5.56 Å². The minimum absolute atomic E-state index is 0.0161. The molecule has 6 heteroatoms. The van der Waals surface area contributed by atoms with Gasteiger partial charge in [-0.3, -0.25) is 14.6 Å². The molecule has 2 aromatic rings. The molecular formula is C25H32N4OS. The molecule has 1 amide bonds. The second-order valence-corrected chi connectivity index (χ2v) is 9.73. The highest BCUT2D eigenvalue weighted by Crippen LogP contribution is 2.38. The molecule has 1 aliphatic heterocycles. The molecule has 1 N–H and O–H groups in total. The first-order valence-electron chi connectivity index (χ1n) is 11.5. The second-order valence-electron chi connectivity index (χ2n) is 8.62. The molecule has 164 valence electrons. The van der Waals surface area contributed by atoms with Crippen molar-refractivity contribution in [2.75, 3.05) is 31.5 Å². The molecular weight excluding hydrogens is 404 g/mol. The van der Waals surface area contributed by atoms with Gasteiger partial charge in [-0.05, 0) is 50.3 Å². The van der Waals surface area contributed by atoms with Gasteiger partial charge in [0.15, 0.2) is 0 Å². The fraction of sp³-hybridized carbons (Fsp3) is 0.520. The van der Waals surface area contributed by atoms with Crippen LogP contribution in [-0.2, 0) is 17.6 Å². The van der Waals surface area contributed by atoms with Crippen molar-refractivity contribution in [3.8, 4) is 6.07 Å². The van der Waals surface area contributed by atoms with Crippen LogP contribution in [0.4, 0.5) is 5.00 Å². The molecule has 1 aromatic heterocycles. The number of carbonyl (C=O) groups excluding carboxylic acids is 1. The molecule has 2 aliphatic rings. The maximum Gasteiger partial charge on any atom is 0.226 e. The molecule has 31 heavy (non-hydrogen) atoms. The van der Waals surface area contributed by atoms with Gasteiger partial charge in [0.25, 0.3) is 0 Å². The van der Waals surface area contributed by atoms with Crippen LogP contribution in [0.15, 0.2) is 30.3 Å². The van der Waals surface area contributed by atoms with E-state index in [2.05, 4.69) is 65.4 Å². The zero-order valence-corrected chi connectivity index (χ0v) is 19.4. The number of nitrogens with zero attached hydrogens (tertiary/aromatic N) is 3. The van der Waals surface area contributed by atoms with E-state index in [0.717, 1.165) is 62.4 Å². The molecule has 4 rings (SSSR count). The number of anilines is 1. The summed E-state index contributed by atoms with van der Waals surface area (Å²) in [7, 11) is 0. The highest BCUT2D eigenvalue weighted by atomic mass is 32.1. The van der Waals surface area contributed by atoms with Crippen LogP contribution in [0.1, 0.15) is 60.7 Å². The summed E-state index contributed by atoms with van der Waals surface area (Å²) in [4.78, 5) is 18.9. The van der Waals surface area contributed by atoms with E-state index in [1.165, 1.54) is 10.4 Å². The Bertz CT molecular complexity index is 948. The van der Waals surface area contributed by atoms with Crippen LogP contribution in [0.2, 0.25) is 0 Å². The van der Waals surface area contributed by atoms with E-state index in [4.69, 9.17) is 0 Å². The zero-order valence-electron chi connectivity index (χ0n) is 18.6. The predicted molar refractivity (Wildman–Crippen MR) is 126 cm³/mol. The summed E-state index contributed by atoms with van der Waals surface area (Å²) >= 11 is 1.59. The van der Waals surface area contributed by atoms with Crippen LogP contribution < -0.4 is 5.32 Å². The average Bonchev–Trinajstić information content (AvgIpc) is 3.51. The minimum Gasteiger partial charge on any atom is -0.317 e. The Kier molecular flexibility index (Phi) is 7.06. The number of aryl methyl sites for hydroxylation is 1. The zero-order chi connectivity index (χ0) is 21.8. The van der Waals surface area contributed by atoms with Crippen LogP contribution in [0.3, 0.4) is 0 Å². The van der Waals surface area contributed by atoms with E-state index in [1.54, 1.807) is 11.3 Å². The Hall–Kier alpha value is -2.20. The highest BCUT2D eigenvalue weighted by molar-refractivity contribution is 7.16. The van der Waals surface area contributed by atoms with Crippen molar-refractivity contribution in [3.05, 3.63) is 51.9 Å². The topological polar surface area (TPSA) is 59.4 Å². The quantitative estimate of drug-likeness (QED) is 0.657. The lowest BCUT2D eigenvalue weighted by Gasteiger charge is -2.29. The fourth-order valence-electron chi connectivity index (χ4n) is 5.00. The van der Waals surface area contributed by atoms with E-state index in [9.17, 15) is 10.1 Å². The lowest BCUT2D eigenvalue weighted by Crippen LogP contribution is -2.39. The van der Waals surface area contributed by atoms with Gasteiger partial charge in [0.1, 0.15) is 11.1 Å². The van der Waals surface area contributed by atoms with Crippen LogP contribution in [0.5, 0.6) is 0 Å². The van der Waals surface area contributed by atoms with Gasteiger partial charge in [-0.15, -0.1) is 11.3 Å². The number of thiophene rings is 1. The number of benzene rings is 1. The van der Waals surface area contributed by atoms with Crippen LogP contribution in [0.25, 0.3) is 0 Å². The number of rotatable bonds is 8. The monoisotopic (exact) mass is 436 g/mol. The Balaban J connectivity index is 1.30. The van der Waals surface area contributed by atoms with Crippen LogP contribution in [0, 0.1) is 11.3 Å². The van der Waals surface area contributed by atoms with Gasteiger partial charge in [-0.2, -0.15) is 5.26 Å². The lowest BCUT2D eigenvalue weighted by atomic mass is 10.1. The number of hydrogen-bond donors (Lipinski definition) is 1. The van der Waals surface area contributed by atoms with Crippen LogP contribution >= 0.6 is 11.3 Å². The number of fused-ring (bicyclic) bond motifs is 1. The van der Waals surface area contributed by atoms with Gasteiger partial charge in [-0.25, -0.2) is 0 Å². The minimum atomic E-state index is 0.0161. The maximum atomic E-state index is 12.6. The van der Waals surface area contributed by atoms with Crippen LogP contribution in [-0.4, -0.2) is 47.9 Å². The molecule has 1 fully saturated rings. The molecule has 1 aliphatic carbocycles. The third-order valence-corrected chi connectivity index (χ3v) is 8.07. The summed E-state index contributed by atoms with van der Waals surface area (Å²) in [6.45, 7) is 8.30. The number of nitriles is 1. The molecule has 2 atom stereocenters. The van der Waals surface area contributed by atoms with E-state index in [1.807, 2.05) is 0 Å². The Morgan fingerprint density at radius 1 is 1.35 bits per heavy atom. The number of likely N-dealkylation sites (N-methyl/N-ethyl adjacent to an activating group) is 1. The average molecular weight is 437 g/mol. The SMILES string of the molecule is CCN(CCC(=O)Nc1sc2c(c1C#N)CCC2)C1CCN(C(C)c2ccccc2)C1. The normalized spacial score (nSPS) is 19.4. The third kappa shape index (κ3) is 4.85. The second kappa shape index (κ2) is 9.95. The molecule has 0 radical (unpaired) electrons. The lowest BCUT2D eigenvalue weighted by molar-refractivity contribution is -0.116. The molecule has 0 saturated carbocycles. The largest absolute Gasteiger partial charge is 0.317 e. The Morgan fingerprint density at radius 3 is 2.90 bits per heavy atom. The molecule has 0 bridgehead atoms. The summed E-state index contributed by atoms with van der Waals surface area (Å²) in [5.41, 5.74) is 3.22.